The van der Waals surface area contributed by atoms with E-state index in [1.165, 1.54) is 23.1 Å². The Morgan fingerprint density at radius 3 is 2.38 bits per heavy atom. The lowest BCUT2D eigenvalue weighted by Crippen LogP contribution is -2.53. The van der Waals surface area contributed by atoms with Gasteiger partial charge in [0.05, 0.1) is 23.5 Å². The van der Waals surface area contributed by atoms with Crippen molar-refractivity contribution in [3.63, 3.8) is 0 Å². The Morgan fingerprint density at radius 1 is 0.750 bits per heavy atom. The Bertz CT molecular complexity index is 2500. The Balaban J connectivity index is 0.751. The van der Waals surface area contributed by atoms with Crippen molar-refractivity contribution in [2.75, 3.05) is 55.6 Å². The van der Waals surface area contributed by atoms with E-state index in [1.807, 2.05) is 30.5 Å². The van der Waals surface area contributed by atoms with Crippen LogP contribution in [-0.4, -0.2) is 110 Å². The Morgan fingerprint density at radius 2 is 1.58 bits per heavy atom. The minimum absolute atomic E-state index is 0.173. The molecule has 1 N–H and O–H groups in total. The van der Waals surface area contributed by atoms with E-state index in [-0.39, 0.29) is 42.8 Å². The monoisotopic (exact) mass is 818 g/mol. The van der Waals surface area contributed by atoms with Crippen LogP contribution in [-0.2, 0) is 22.7 Å². The number of imide groups is 1. The van der Waals surface area contributed by atoms with Crippen LogP contribution in [0.25, 0.3) is 16.9 Å². The molecule has 4 saturated heterocycles. The predicted octanol–water partition coefficient (Wildman–Crippen LogP) is 5.10. The highest BCUT2D eigenvalue weighted by Gasteiger charge is 2.40. The van der Waals surface area contributed by atoms with Crippen molar-refractivity contribution in [2.45, 2.75) is 69.7 Å². The smallest absolute Gasteiger partial charge is 0.255 e. The van der Waals surface area contributed by atoms with Gasteiger partial charge in [-0.25, -0.2) is 27.7 Å². The summed E-state index contributed by atoms with van der Waals surface area (Å²) >= 11 is 0. The summed E-state index contributed by atoms with van der Waals surface area (Å²) in [5, 5.41) is 6.87. The van der Waals surface area contributed by atoms with Crippen LogP contribution in [0.4, 0.5) is 24.8 Å². The zero-order valence-corrected chi connectivity index (χ0v) is 33.1. The fraction of sp³-hybridized carbons (Fsp3) is 0.409. The lowest BCUT2D eigenvalue weighted by Gasteiger charge is -2.43. The van der Waals surface area contributed by atoms with E-state index in [2.05, 4.69) is 30.0 Å². The van der Waals surface area contributed by atoms with Crippen molar-refractivity contribution in [1.29, 1.82) is 0 Å². The lowest BCUT2D eigenvalue weighted by molar-refractivity contribution is -0.136. The van der Waals surface area contributed by atoms with Gasteiger partial charge in [0, 0.05) is 87.2 Å². The molecular formula is C44H45F3N10O3. The van der Waals surface area contributed by atoms with Gasteiger partial charge in [-0.05, 0) is 87.2 Å². The standard InChI is InChI=1S/C44H45F3N10O3/c45-29-6-7-31(35(47)22-29)37-4-2-13-55(37)40-12-16-57-42(50-40)33(24-48-57)36-3-1-5-39(49-36)54-19-17-53(18-20-54)30-10-14-52(15-11-30)25-28-21-27-26-56(44(60)32(27)23-34(28)46)38-8-9-41(58)51-43(38)59/h1,3,5-7,12,16,21-24,30,37-38H,2,4,8-11,13-15,17-20,25-26H2,(H,51,58,59)/t37-,38?/m1/s1. The SMILES string of the molecule is O=C1CCC(N2Cc3cc(CN4CCC(N5CCN(c6cccc(-c7cnn8ccc(N9CCC[C@@H]9c9ccc(F)cc9F)nc78)n6)CC5)CC4)c(F)cc3C2=O)C(=O)N1. The van der Waals surface area contributed by atoms with E-state index >= 15 is 4.39 Å². The van der Waals surface area contributed by atoms with Crippen LogP contribution >= 0.6 is 0 Å². The summed E-state index contributed by atoms with van der Waals surface area (Å²) in [5.41, 5.74) is 4.25. The zero-order chi connectivity index (χ0) is 41.1. The number of pyridine rings is 1. The van der Waals surface area contributed by atoms with Crippen molar-refractivity contribution in [1.82, 2.24) is 39.6 Å². The molecule has 4 fully saturated rings. The van der Waals surface area contributed by atoms with Gasteiger partial charge in [-0.2, -0.15) is 5.10 Å². The van der Waals surface area contributed by atoms with Gasteiger partial charge in [-0.15, -0.1) is 0 Å². The molecule has 2 aromatic carbocycles. The highest BCUT2D eigenvalue weighted by atomic mass is 19.1. The third-order valence-electron chi connectivity index (χ3n) is 13.0. The molecule has 10 rings (SSSR count). The molecule has 3 aromatic heterocycles. The highest BCUT2D eigenvalue weighted by Crippen LogP contribution is 2.38. The second-order valence-electron chi connectivity index (χ2n) is 16.5. The molecule has 1 unspecified atom stereocenters. The quantitative estimate of drug-likeness (QED) is 0.212. The van der Waals surface area contributed by atoms with E-state index in [0.717, 1.165) is 88.1 Å². The number of likely N-dealkylation sites (tertiary alicyclic amines) is 1. The van der Waals surface area contributed by atoms with Crippen LogP contribution < -0.4 is 15.1 Å². The molecule has 0 spiro atoms. The fourth-order valence-electron chi connectivity index (χ4n) is 9.85. The maximum Gasteiger partial charge on any atom is 0.255 e. The molecular weight excluding hydrogens is 774 g/mol. The first-order valence-corrected chi connectivity index (χ1v) is 20.9. The number of benzene rings is 2. The van der Waals surface area contributed by atoms with Gasteiger partial charge in [0.15, 0.2) is 5.65 Å². The molecule has 2 atom stereocenters. The first-order valence-electron chi connectivity index (χ1n) is 20.9. The van der Waals surface area contributed by atoms with Crippen molar-refractivity contribution in [3.05, 3.63) is 107 Å². The number of rotatable bonds is 8. The molecule has 60 heavy (non-hydrogen) atoms. The number of aromatic nitrogens is 4. The number of anilines is 2. The number of hydrogen-bond donors (Lipinski definition) is 1. The number of carbonyl (C=O) groups excluding carboxylic acids is 3. The average molecular weight is 819 g/mol. The van der Waals surface area contributed by atoms with Crippen LogP contribution in [0, 0.1) is 17.5 Å². The van der Waals surface area contributed by atoms with E-state index in [1.54, 1.807) is 16.8 Å². The Hall–Kier alpha value is -5.87. The molecule has 0 bridgehead atoms. The second kappa shape index (κ2) is 15.6. The number of nitrogens with zero attached hydrogens (tertiary/aromatic N) is 9. The highest BCUT2D eigenvalue weighted by molar-refractivity contribution is 6.05. The molecule has 0 radical (unpaired) electrons. The number of amides is 3. The van der Waals surface area contributed by atoms with Gasteiger partial charge in [0.2, 0.25) is 11.8 Å². The second-order valence-corrected chi connectivity index (χ2v) is 16.5. The molecule has 0 aliphatic carbocycles. The van der Waals surface area contributed by atoms with Gasteiger partial charge in [-0.1, -0.05) is 12.1 Å². The molecule has 310 valence electrons. The molecule has 0 saturated carbocycles. The first kappa shape index (κ1) is 38.3. The van der Waals surface area contributed by atoms with Crippen LogP contribution in [0.15, 0.2) is 67.0 Å². The largest absolute Gasteiger partial charge is 0.354 e. The maximum atomic E-state index is 15.4. The number of halogens is 3. The third-order valence-corrected chi connectivity index (χ3v) is 13.0. The fourth-order valence-corrected chi connectivity index (χ4v) is 9.85. The molecule has 5 aliphatic rings. The molecule has 13 nitrogen and oxygen atoms in total. The summed E-state index contributed by atoms with van der Waals surface area (Å²) in [4.78, 5) is 58.0. The lowest BCUT2D eigenvalue weighted by atomic mass is 10.0. The summed E-state index contributed by atoms with van der Waals surface area (Å²) in [6, 6.07) is 14.2. The molecule has 3 amide bonds. The minimum atomic E-state index is -0.729. The number of hydrogen-bond acceptors (Lipinski definition) is 10. The number of nitrogens with one attached hydrogen (secondary N) is 1. The summed E-state index contributed by atoms with van der Waals surface area (Å²) in [6.07, 6.45) is 7.65. The number of piperazine rings is 1. The van der Waals surface area contributed by atoms with E-state index < -0.39 is 29.4 Å². The summed E-state index contributed by atoms with van der Waals surface area (Å²) in [5.74, 6) is -1.14. The number of carbonyl (C=O) groups is 3. The number of piperidine rings is 2. The topological polar surface area (TPSA) is 123 Å². The van der Waals surface area contributed by atoms with Crippen molar-refractivity contribution in [2.24, 2.45) is 0 Å². The van der Waals surface area contributed by atoms with Gasteiger partial charge >= 0.3 is 0 Å². The Labute approximate surface area is 344 Å². The number of fused-ring (bicyclic) bond motifs is 2. The zero-order valence-electron chi connectivity index (χ0n) is 33.1. The first-order chi connectivity index (χ1) is 29.2. The van der Waals surface area contributed by atoms with Crippen LogP contribution in [0.1, 0.15) is 71.6 Å². The van der Waals surface area contributed by atoms with Crippen LogP contribution in [0.3, 0.4) is 0 Å². The van der Waals surface area contributed by atoms with E-state index in [0.29, 0.717) is 47.3 Å². The van der Waals surface area contributed by atoms with Crippen molar-refractivity contribution >= 4 is 35.0 Å². The minimum Gasteiger partial charge on any atom is -0.354 e. The van der Waals surface area contributed by atoms with Crippen LogP contribution in [0.5, 0.6) is 0 Å². The third kappa shape index (κ3) is 7.14. The van der Waals surface area contributed by atoms with Gasteiger partial charge in [0.25, 0.3) is 5.91 Å². The van der Waals surface area contributed by atoms with Crippen molar-refractivity contribution < 1.29 is 27.6 Å². The molecule has 5 aliphatic heterocycles. The van der Waals surface area contributed by atoms with Crippen LogP contribution in [0.2, 0.25) is 0 Å². The molecule has 5 aromatic rings. The predicted molar refractivity (Wildman–Crippen MR) is 216 cm³/mol. The maximum absolute atomic E-state index is 15.4. The average Bonchev–Trinajstić information content (AvgIpc) is 3.99. The summed E-state index contributed by atoms with van der Waals surface area (Å²) in [6.45, 7) is 6.53. The normalized spacial score (nSPS) is 22.0. The molecule has 16 heteroatoms. The van der Waals surface area contributed by atoms with Gasteiger partial charge in [-0.3, -0.25) is 29.5 Å². The van der Waals surface area contributed by atoms with Crippen molar-refractivity contribution in [3.8, 4) is 11.3 Å². The van der Waals surface area contributed by atoms with Gasteiger partial charge < -0.3 is 14.7 Å². The van der Waals surface area contributed by atoms with E-state index in [4.69, 9.17) is 9.97 Å². The van der Waals surface area contributed by atoms with Gasteiger partial charge in [0.1, 0.15) is 35.1 Å². The summed E-state index contributed by atoms with van der Waals surface area (Å²) < 4.78 is 45.6. The molecule has 8 heterocycles. The summed E-state index contributed by atoms with van der Waals surface area (Å²) in [7, 11) is 0. The van der Waals surface area contributed by atoms with E-state index in [9.17, 15) is 23.2 Å². The Kier molecular flexibility index (Phi) is 9.98.